The van der Waals surface area contributed by atoms with Gasteiger partial charge in [-0.25, -0.2) is 0 Å². The van der Waals surface area contributed by atoms with E-state index >= 15 is 0 Å². The Hall–Kier alpha value is -2.10. The van der Waals surface area contributed by atoms with Gasteiger partial charge in [0.2, 0.25) is 0 Å². The number of hydrogen-bond donors (Lipinski definition) is 1. The zero-order chi connectivity index (χ0) is 14.7. The molecule has 3 rings (SSSR count). The molecule has 1 aliphatic heterocycles. The van der Waals surface area contributed by atoms with Gasteiger partial charge >= 0.3 is 0 Å². The van der Waals surface area contributed by atoms with Crippen LogP contribution in [0.4, 0.5) is 0 Å². The molecule has 0 radical (unpaired) electrons. The van der Waals surface area contributed by atoms with Gasteiger partial charge in [-0.3, -0.25) is 9.89 Å². The Morgan fingerprint density at radius 2 is 2.14 bits per heavy atom. The first-order valence-corrected chi connectivity index (χ1v) is 7.56. The van der Waals surface area contributed by atoms with Gasteiger partial charge in [-0.2, -0.15) is 5.10 Å². The first-order valence-electron chi connectivity index (χ1n) is 7.56. The van der Waals surface area contributed by atoms with Crippen LogP contribution >= 0.6 is 0 Å². The molecule has 1 N–H and O–H groups in total. The molecule has 1 atom stereocenters. The van der Waals surface area contributed by atoms with Gasteiger partial charge in [0, 0.05) is 19.3 Å². The maximum absolute atomic E-state index is 12.4. The molecule has 0 saturated carbocycles. The molecule has 0 aliphatic carbocycles. The van der Waals surface area contributed by atoms with Crippen molar-refractivity contribution in [2.45, 2.75) is 26.2 Å². The Morgan fingerprint density at radius 3 is 2.86 bits per heavy atom. The monoisotopic (exact) mass is 283 g/mol. The molecule has 4 nitrogen and oxygen atoms in total. The Labute approximate surface area is 125 Å². The molecule has 4 heteroatoms. The number of amides is 1. The Balaban J connectivity index is 1.63. The van der Waals surface area contributed by atoms with Crippen LogP contribution < -0.4 is 0 Å². The summed E-state index contributed by atoms with van der Waals surface area (Å²) in [4.78, 5) is 14.3. The number of rotatable bonds is 3. The van der Waals surface area contributed by atoms with E-state index in [1.807, 2.05) is 4.90 Å². The van der Waals surface area contributed by atoms with Gasteiger partial charge in [-0.05, 0) is 43.7 Å². The summed E-state index contributed by atoms with van der Waals surface area (Å²) in [6, 6.07) is 10.5. The molecule has 0 bridgehead atoms. The minimum absolute atomic E-state index is 0.0705. The van der Waals surface area contributed by atoms with Gasteiger partial charge in [-0.1, -0.05) is 29.8 Å². The number of carbonyl (C=O) groups excluding carboxylic acids is 1. The van der Waals surface area contributed by atoms with Crippen LogP contribution in [0.5, 0.6) is 0 Å². The van der Waals surface area contributed by atoms with E-state index < -0.39 is 0 Å². The normalized spacial score (nSPS) is 18.7. The molecule has 2 heterocycles. The minimum Gasteiger partial charge on any atom is -0.337 e. The van der Waals surface area contributed by atoms with Crippen molar-refractivity contribution in [2.24, 2.45) is 5.92 Å². The molecule has 21 heavy (non-hydrogen) atoms. The van der Waals surface area contributed by atoms with Gasteiger partial charge in [0.25, 0.3) is 5.91 Å². The first kappa shape index (κ1) is 13.9. The number of aromatic nitrogens is 2. The predicted octanol–water partition coefficient (Wildman–Crippen LogP) is 2.81. The highest BCUT2D eigenvalue weighted by molar-refractivity contribution is 5.92. The number of piperidine rings is 1. The zero-order valence-electron chi connectivity index (χ0n) is 12.4. The van der Waals surface area contributed by atoms with Crippen molar-refractivity contribution in [1.82, 2.24) is 15.1 Å². The van der Waals surface area contributed by atoms with Crippen LogP contribution in [0.1, 0.15) is 34.5 Å². The van der Waals surface area contributed by atoms with Gasteiger partial charge < -0.3 is 4.90 Å². The van der Waals surface area contributed by atoms with Crippen LogP contribution in [0.15, 0.2) is 36.5 Å². The highest BCUT2D eigenvalue weighted by Crippen LogP contribution is 2.22. The fourth-order valence-electron chi connectivity index (χ4n) is 3.02. The fraction of sp³-hybridized carbons (Fsp3) is 0.412. The van der Waals surface area contributed by atoms with E-state index in [9.17, 15) is 4.79 Å². The topological polar surface area (TPSA) is 49.0 Å². The number of likely N-dealkylation sites (tertiary alicyclic amines) is 1. The number of aryl methyl sites for hydroxylation is 1. The zero-order valence-corrected chi connectivity index (χ0v) is 12.4. The molecular weight excluding hydrogens is 262 g/mol. The third-order valence-corrected chi connectivity index (χ3v) is 4.18. The van der Waals surface area contributed by atoms with Gasteiger partial charge in [0.05, 0.1) is 0 Å². The fourth-order valence-corrected chi connectivity index (χ4v) is 3.02. The van der Waals surface area contributed by atoms with Gasteiger partial charge in [0.1, 0.15) is 5.69 Å². The van der Waals surface area contributed by atoms with Crippen molar-refractivity contribution < 1.29 is 4.79 Å². The number of nitrogens with zero attached hydrogens (tertiary/aromatic N) is 2. The van der Waals surface area contributed by atoms with E-state index in [1.54, 1.807) is 12.3 Å². The second kappa shape index (κ2) is 6.12. The SMILES string of the molecule is Cc1ccc(C[C@@H]2CCCN(C(=O)c3ccn[nH]3)C2)cc1. The average Bonchev–Trinajstić information content (AvgIpc) is 3.03. The molecule has 2 aromatic rings. The largest absolute Gasteiger partial charge is 0.337 e. The number of aromatic amines is 1. The molecular formula is C17H21N3O. The Morgan fingerprint density at radius 1 is 1.33 bits per heavy atom. The van der Waals surface area contributed by atoms with Crippen molar-refractivity contribution >= 4 is 5.91 Å². The summed E-state index contributed by atoms with van der Waals surface area (Å²) in [5.41, 5.74) is 3.24. The van der Waals surface area contributed by atoms with E-state index in [0.29, 0.717) is 11.6 Å². The second-order valence-corrected chi connectivity index (χ2v) is 5.92. The highest BCUT2D eigenvalue weighted by Gasteiger charge is 2.25. The lowest BCUT2D eigenvalue weighted by atomic mass is 9.91. The maximum atomic E-state index is 12.4. The van der Waals surface area contributed by atoms with Crippen LogP contribution in [0.25, 0.3) is 0 Å². The number of benzene rings is 1. The smallest absolute Gasteiger partial charge is 0.271 e. The molecule has 1 fully saturated rings. The summed E-state index contributed by atoms with van der Waals surface area (Å²) < 4.78 is 0. The van der Waals surface area contributed by atoms with Crippen molar-refractivity contribution in [2.75, 3.05) is 13.1 Å². The molecule has 0 unspecified atom stereocenters. The summed E-state index contributed by atoms with van der Waals surface area (Å²) in [5.74, 6) is 0.620. The summed E-state index contributed by atoms with van der Waals surface area (Å²) in [6.07, 6.45) is 4.95. The molecule has 1 amide bonds. The predicted molar refractivity (Wildman–Crippen MR) is 82.1 cm³/mol. The molecule has 110 valence electrons. The Bertz CT molecular complexity index is 589. The molecule has 0 spiro atoms. The first-order chi connectivity index (χ1) is 10.2. The van der Waals surface area contributed by atoms with Crippen LogP contribution in [-0.4, -0.2) is 34.1 Å². The number of nitrogens with one attached hydrogen (secondary N) is 1. The molecule has 1 aromatic heterocycles. The van der Waals surface area contributed by atoms with Crippen molar-refractivity contribution in [3.8, 4) is 0 Å². The standard InChI is InChI=1S/C17H21N3O/c1-13-4-6-14(7-5-13)11-15-3-2-10-20(12-15)17(21)16-8-9-18-19-16/h4-9,15H,2-3,10-12H2,1H3,(H,18,19)/t15-/m0/s1. The van der Waals surface area contributed by atoms with Gasteiger partial charge in [0.15, 0.2) is 0 Å². The van der Waals surface area contributed by atoms with Crippen LogP contribution in [-0.2, 0) is 6.42 Å². The number of carbonyl (C=O) groups is 1. The third kappa shape index (κ3) is 3.32. The molecule has 1 aromatic carbocycles. The summed E-state index contributed by atoms with van der Waals surface area (Å²) in [5, 5.41) is 6.62. The van der Waals surface area contributed by atoms with Crippen molar-refractivity contribution in [3.05, 3.63) is 53.3 Å². The number of H-pyrrole nitrogens is 1. The van der Waals surface area contributed by atoms with E-state index in [1.165, 1.54) is 17.5 Å². The lowest BCUT2D eigenvalue weighted by molar-refractivity contribution is 0.0667. The summed E-state index contributed by atoms with van der Waals surface area (Å²) in [7, 11) is 0. The second-order valence-electron chi connectivity index (χ2n) is 5.92. The summed E-state index contributed by atoms with van der Waals surface area (Å²) in [6.45, 7) is 3.79. The average molecular weight is 283 g/mol. The van der Waals surface area contributed by atoms with Crippen LogP contribution in [0.3, 0.4) is 0 Å². The maximum Gasteiger partial charge on any atom is 0.271 e. The minimum atomic E-state index is 0.0705. The van der Waals surface area contributed by atoms with Crippen LogP contribution in [0.2, 0.25) is 0 Å². The van der Waals surface area contributed by atoms with Crippen molar-refractivity contribution in [1.29, 1.82) is 0 Å². The van der Waals surface area contributed by atoms with E-state index in [2.05, 4.69) is 41.4 Å². The quantitative estimate of drug-likeness (QED) is 0.941. The van der Waals surface area contributed by atoms with Gasteiger partial charge in [-0.15, -0.1) is 0 Å². The summed E-state index contributed by atoms with van der Waals surface area (Å²) >= 11 is 0. The molecule has 1 aliphatic rings. The molecule has 1 saturated heterocycles. The van der Waals surface area contributed by atoms with Crippen LogP contribution in [0, 0.1) is 12.8 Å². The van der Waals surface area contributed by atoms with E-state index in [4.69, 9.17) is 0 Å². The Kier molecular flexibility index (Phi) is 4.04. The highest BCUT2D eigenvalue weighted by atomic mass is 16.2. The van der Waals surface area contributed by atoms with E-state index in [-0.39, 0.29) is 5.91 Å². The van der Waals surface area contributed by atoms with E-state index in [0.717, 1.165) is 25.9 Å². The number of hydrogen-bond acceptors (Lipinski definition) is 2. The lowest BCUT2D eigenvalue weighted by Gasteiger charge is -2.32. The van der Waals surface area contributed by atoms with Crippen molar-refractivity contribution in [3.63, 3.8) is 0 Å². The third-order valence-electron chi connectivity index (χ3n) is 4.18. The lowest BCUT2D eigenvalue weighted by Crippen LogP contribution is -2.40.